The molecule has 2 rings (SSSR count). The molecule has 0 radical (unpaired) electrons. The summed E-state index contributed by atoms with van der Waals surface area (Å²) in [4.78, 5) is 23.2. The second-order valence-electron chi connectivity index (χ2n) is 4.97. The number of methoxy groups -OCH3 is 1. The van der Waals surface area contributed by atoms with Gasteiger partial charge in [-0.3, -0.25) is 9.59 Å². The maximum Gasteiger partial charge on any atom is 0.310 e. The van der Waals surface area contributed by atoms with Crippen molar-refractivity contribution in [3.05, 3.63) is 35.9 Å². The lowest BCUT2D eigenvalue weighted by molar-refractivity contribution is -0.157. The molecule has 108 valence electrons. The van der Waals surface area contributed by atoms with Crippen LogP contribution in [-0.2, 0) is 25.7 Å². The van der Waals surface area contributed by atoms with E-state index in [2.05, 4.69) is 0 Å². The zero-order valence-corrected chi connectivity index (χ0v) is 11.3. The molecule has 20 heavy (non-hydrogen) atoms. The minimum atomic E-state index is -0.966. The predicted molar refractivity (Wildman–Crippen MR) is 70.9 cm³/mol. The van der Waals surface area contributed by atoms with Gasteiger partial charge in [0, 0.05) is 7.11 Å². The van der Waals surface area contributed by atoms with Crippen LogP contribution in [0.15, 0.2) is 30.3 Å². The van der Waals surface area contributed by atoms with Gasteiger partial charge < -0.3 is 14.6 Å². The summed E-state index contributed by atoms with van der Waals surface area (Å²) in [5.74, 6) is -2.77. The molecule has 1 fully saturated rings. The number of benzene rings is 1. The maximum atomic E-state index is 12.1. The molecule has 0 bridgehead atoms. The lowest BCUT2D eigenvalue weighted by atomic mass is 9.96. The van der Waals surface area contributed by atoms with Crippen molar-refractivity contribution in [1.82, 2.24) is 0 Å². The van der Waals surface area contributed by atoms with Gasteiger partial charge in [0.25, 0.3) is 0 Å². The summed E-state index contributed by atoms with van der Waals surface area (Å²) < 4.78 is 10.4. The fourth-order valence-electron chi connectivity index (χ4n) is 2.55. The Morgan fingerprint density at radius 3 is 2.45 bits per heavy atom. The fourth-order valence-corrected chi connectivity index (χ4v) is 2.55. The molecule has 0 aromatic heterocycles. The monoisotopic (exact) mass is 278 g/mol. The SMILES string of the molecule is CO[C@H]1CC(C(=O)O)[C@H](C(=O)OCc2ccccc2)C1. The van der Waals surface area contributed by atoms with Crippen LogP contribution in [0, 0.1) is 11.8 Å². The fraction of sp³-hybridized carbons (Fsp3) is 0.467. The highest BCUT2D eigenvalue weighted by Gasteiger charge is 2.43. The molecule has 3 atom stereocenters. The number of carboxylic acids is 1. The van der Waals surface area contributed by atoms with Crippen LogP contribution in [0.1, 0.15) is 18.4 Å². The van der Waals surface area contributed by atoms with Crippen molar-refractivity contribution in [1.29, 1.82) is 0 Å². The van der Waals surface area contributed by atoms with Gasteiger partial charge in [-0.15, -0.1) is 0 Å². The van der Waals surface area contributed by atoms with E-state index >= 15 is 0 Å². The molecule has 0 spiro atoms. The minimum absolute atomic E-state index is 0.167. The number of carbonyl (C=O) groups excluding carboxylic acids is 1. The van der Waals surface area contributed by atoms with Crippen molar-refractivity contribution in [2.45, 2.75) is 25.6 Å². The van der Waals surface area contributed by atoms with Crippen LogP contribution in [0.25, 0.3) is 0 Å². The first-order valence-corrected chi connectivity index (χ1v) is 6.58. The van der Waals surface area contributed by atoms with Gasteiger partial charge >= 0.3 is 11.9 Å². The van der Waals surface area contributed by atoms with Crippen molar-refractivity contribution in [3.63, 3.8) is 0 Å². The van der Waals surface area contributed by atoms with Crippen molar-refractivity contribution in [2.24, 2.45) is 11.8 Å². The Morgan fingerprint density at radius 1 is 1.20 bits per heavy atom. The topological polar surface area (TPSA) is 72.8 Å². The highest BCUT2D eigenvalue weighted by atomic mass is 16.5. The average molecular weight is 278 g/mol. The first-order valence-electron chi connectivity index (χ1n) is 6.58. The molecule has 0 amide bonds. The van der Waals surface area contributed by atoms with E-state index in [0.717, 1.165) is 5.56 Å². The molecular formula is C15H18O5. The van der Waals surface area contributed by atoms with Crippen molar-refractivity contribution < 1.29 is 24.2 Å². The van der Waals surface area contributed by atoms with Gasteiger partial charge in [-0.2, -0.15) is 0 Å². The Hall–Kier alpha value is -1.88. The number of esters is 1. The van der Waals surface area contributed by atoms with Crippen molar-refractivity contribution in [3.8, 4) is 0 Å². The Balaban J connectivity index is 1.95. The number of ether oxygens (including phenoxy) is 2. The molecule has 1 unspecified atom stereocenters. The summed E-state index contributed by atoms with van der Waals surface area (Å²) in [5.41, 5.74) is 0.883. The van der Waals surface area contributed by atoms with E-state index in [9.17, 15) is 9.59 Å². The van der Waals surface area contributed by atoms with E-state index in [4.69, 9.17) is 14.6 Å². The Bertz CT molecular complexity index is 470. The lowest BCUT2D eigenvalue weighted by Crippen LogP contribution is -2.26. The minimum Gasteiger partial charge on any atom is -0.481 e. The summed E-state index contributed by atoms with van der Waals surface area (Å²) in [7, 11) is 1.53. The van der Waals surface area contributed by atoms with Crippen LogP contribution in [0.5, 0.6) is 0 Å². The largest absolute Gasteiger partial charge is 0.481 e. The highest BCUT2D eigenvalue weighted by Crippen LogP contribution is 2.34. The number of rotatable bonds is 5. The lowest BCUT2D eigenvalue weighted by Gasteiger charge is -2.14. The van der Waals surface area contributed by atoms with Gasteiger partial charge in [-0.1, -0.05) is 30.3 Å². The molecule has 5 nitrogen and oxygen atoms in total. The van der Waals surface area contributed by atoms with E-state index in [1.165, 1.54) is 7.11 Å². The summed E-state index contributed by atoms with van der Waals surface area (Å²) in [6.45, 7) is 0.167. The zero-order valence-electron chi connectivity index (χ0n) is 11.3. The van der Waals surface area contributed by atoms with Gasteiger partial charge in [0.1, 0.15) is 6.61 Å². The molecule has 0 aliphatic heterocycles. The number of carbonyl (C=O) groups is 2. The normalized spacial score (nSPS) is 25.4. The van der Waals surface area contributed by atoms with E-state index in [1.54, 1.807) is 0 Å². The third-order valence-electron chi connectivity index (χ3n) is 3.70. The van der Waals surface area contributed by atoms with Gasteiger partial charge in [0.05, 0.1) is 17.9 Å². The van der Waals surface area contributed by atoms with E-state index in [-0.39, 0.29) is 12.7 Å². The average Bonchev–Trinajstić information content (AvgIpc) is 2.90. The number of carboxylic acid groups (broad SMARTS) is 1. The van der Waals surface area contributed by atoms with E-state index in [1.807, 2.05) is 30.3 Å². The predicted octanol–water partition coefficient (Wildman–Crippen LogP) is 1.86. The molecule has 1 aliphatic rings. The number of hydrogen-bond donors (Lipinski definition) is 1. The highest BCUT2D eigenvalue weighted by molar-refractivity contribution is 5.82. The Morgan fingerprint density at radius 2 is 1.85 bits per heavy atom. The van der Waals surface area contributed by atoms with Crippen LogP contribution in [0.3, 0.4) is 0 Å². The second-order valence-corrected chi connectivity index (χ2v) is 4.97. The molecule has 1 N–H and O–H groups in total. The standard InChI is InChI=1S/C15H18O5/c1-19-11-7-12(14(16)17)13(8-11)15(18)20-9-10-5-3-2-4-6-10/h2-6,11-13H,7-9H2,1H3,(H,16,17)/t11-,12?,13+/m0/s1. The van der Waals surface area contributed by atoms with Crippen LogP contribution in [0.2, 0.25) is 0 Å². The van der Waals surface area contributed by atoms with Gasteiger partial charge in [-0.05, 0) is 18.4 Å². The third-order valence-corrected chi connectivity index (χ3v) is 3.70. The number of aliphatic carboxylic acids is 1. The molecule has 1 aromatic carbocycles. The van der Waals surface area contributed by atoms with Crippen LogP contribution < -0.4 is 0 Å². The van der Waals surface area contributed by atoms with Crippen molar-refractivity contribution in [2.75, 3.05) is 7.11 Å². The van der Waals surface area contributed by atoms with Crippen LogP contribution >= 0.6 is 0 Å². The second kappa shape index (κ2) is 6.52. The van der Waals surface area contributed by atoms with Gasteiger partial charge in [0.15, 0.2) is 0 Å². The molecule has 1 aromatic rings. The summed E-state index contributed by atoms with van der Waals surface area (Å²) >= 11 is 0. The van der Waals surface area contributed by atoms with E-state index < -0.39 is 23.8 Å². The van der Waals surface area contributed by atoms with E-state index in [0.29, 0.717) is 12.8 Å². The van der Waals surface area contributed by atoms with Crippen LogP contribution in [-0.4, -0.2) is 30.3 Å². The Labute approximate surface area is 117 Å². The first kappa shape index (κ1) is 14.5. The quantitative estimate of drug-likeness (QED) is 0.832. The summed E-state index contributed by atoms with van der Waals surface area (Å²) in [6, 6.07) is 9.31. The molecular weight excluding hydrogens is 260 g/mol. The third kappa shape index (κ3) is 3.36. The van der Waals surface area contributed by atoms with Gasteiger partial charge in [0.2, 0.25) is 0 Å². The molecule has 0 heterocycles. The summed E-state index contributed by atoms with van der Waals surface area (Å²) in [5, 5.41) is 9.17. The maximum absolute atomic E-state index is 12.1. The zero-order chi connectivity index (χ0) is 14.5. The summed E-state index contributed by atoms with van der Waals surface area (Å²) in [6.07, 6.45) is 0.572. The molecule has 1 aliphatic carbocycles. The Kier molecular flexibility index (Phi) is 4.74. The molecule has 0 saturated heterocycles. The number of hydrogen-bond acceptors (Lipinski definition) is 4. The molecule has 5 heteroatoms. The first-order chi connectivity index (χ1) is 9.61. The smallest absolute Gasteiger partial charge is 0.310 e. The van der Waals surface area contributed by atoms with Crippen molar-refractivity contribution >= 4 is 11.9 Å². The van der Waals surface area contributed by atoms with Crippen LogP contribution in [0.4, 0.5) is 0 Å². The molecule has 1 saturated carbocycles. The van der Waals surface area contributed by atoms with Gasteiger partial charge in [-0.25, -0.2) is 0 Å².